The first kappa shape index (κ1) is 17.9. The van der Waals surface area contributed by atoms with Gasteiger partial charge < -0.3 is 10.1 Å². The van der Waals surface area contributed by atoms with Crippen molar-refractivity contribution in [3.63, 3.8) is 0 Å². The lowest BCUT2D eigenvalue weighted by atomic mass is 10.2. The van der Waals surface area contributed by atoms with Crippen LogP contribution in [0.15, 0.2) is 29.4 Å². The number of carbonyl (C=O) groups is 2. The van der Waals surface area contributed by atoms with Gasteiger partial charge in [0.1, 0.15) is 0 Å². The summed E-state index contributed by atoms with van der Waals surface area (Å²) in [7, 11) is 0. The number of ether oxygens (including phenoxy) is 1. The van der Waals surface area contributed by atoms with E-state index in [1.807, 2.05) is 12.1 Å². The summed E-state index contributed by atoms with van der Waals surface area (Å²) >= 11 is 2.14. The lowest BCUT2D eigenvalue weighted by molar-refractivity contribution is -0.120. The Balaban J connectivity index is 1.75. The Morgan fingerprint density at radius 3 is 2.96 bits per heavy atom. The molecule has 0 saturated carbocycles. The van der Waals surface area contributed by atoms with E-state index in [-0.39, 0.29) is 24.3 Å². The smallest absolute Gasteiger partial charge is 0.271 e. The fraction of sp³-hybridized carbons (Fsp3) is 0.438. The third kappa shape index (κ3) is 6.26. The zero-order valence-electron chi connectivity index (χ0n) is 13.0. The predicted octanol–water partition coefficient (Wildman–Crippen LogP) is 2.08. The van der Waals surface area contributed by atoms with E-state index in [4.69, 9.17) is 4.74 Å². The van der Waals surface area contributed by atoms with E-state index < -0.39 is 0 Å². The molecule has 0 spiro atoms. The molecule has 2 N–H and O–H groups in total. The molecule has 124 valence electrons. The van der Waals surface area contributed by atoms with Crippen LogP contribution in [0.4, 0.5) is 0 Å². The Hall–Kier alpha value is -1.48. The van der Waals surface area contributed by atoms with E-state index in [0.717, 1.165) is 23.0 Å². The highest BCUT2D eigenvalue weighted by atomic mass is 127. The molecule has 1 heterocycles. The molecule has 1 aliphatic heterocycles. The SMILES string of the molecule is C/C(CC(=O)NCC1CCCO1)=N\NC(=O)c1cccc(I)c1. The first-order valence-corrected chi connectivity index (χ1v) is 8.60. The van der Waals surface area contributed by atoms with Crippen molar-refractivity contribution in [1.82, 2.24) is 10.7 Å². The molecule has 1 fully saturated rings. The lowest BCUT2D eigenvalue weighted by Gasteiger charge is -2.10. The van der Waals surface area contributed by atoms with Crippen molar-refractivity contribution >= 4 is 40.1 Å². The summed E-state index contributed by atoms with van der Waals surface area (Å²) in [4.78, 5) is 23.8. The standard InChI is InChI=1S/C16H20IN3O3/c1-11(8-15(21)18-10-14-6-3-7-23-14)19-20-16(22)12-4-2-5-13(17)9-12/h2,4-5,9,14H,3,6-8,10H2,1H3,(H,18,21)(H,20,22)/b19-11+. The van der Waals surface area contributed by atoms with E-state index >= 15 is 0 Å². The first-order chi connectivity index (χ1) is 11.0. The number of halogens is 1. The maximum atomic E-state index is 11.9. The van der Waals surface area contributed by atoms with Gasteiger partial charge in [0, 0.05) is 28.0 Å². The van der Waals surface area contributed by atoms with Crippen molar-refractivity contribution < 1.29 is 14.3 Å². The van der Waals surface area contributed by atoms with Crippen molar-refractivity contribution in [2.45, 2.75) is 32.3 Å². The molecule has 7 heteroatoms. The molecule has 1 aromatic rings. The van der Waals surface area contributed by atoms with Crippen LogP contribution in [0.5, 0.6) is 0 Å². The average Bonchev–Trinajstić information content (AvgIpc) is 3.04. The Labute approximate surface area is 149 Å². The second-order valence-corrected chi connectivity index (χ2v) is 6.66. The van der Waals surface area contributed by atoms with Gasteiger partial charge in [-0.2, -0.15) is 5.10 Å². The fourth-order valence-electron chi connectivity index (χ4n) is 2.21. The van der Waals surface area contributed by atoms with Crippen LogP contribution in [0.2, 0.25) is 0 Å². The Kier molecular flexibility index (Phi) is 6.97. The molecule has 23 heavy (non-hydrogen) atoms. The van der Waals surface area contributed by atoms with Gasteiger partial charge >= 0.3 is 0 Å². The maximum absolute atomic E-state index is 11.9. The van der Waals surface area contributed by atoms with Crippen LogP contribution >= 0.6 is 22.6 Å². The Morgan fingerprint density at radius 2 is 2.26 bits per heavy atom. The Morgan fingerprint density at radius 1 is 1.43 bits per heavy atom. The quantitative estimate of drug-likeness (QED) is 0.413. The highest BCUT2D eigenvalue weighted by Gasteiger charge is 2.16. The molecular formula is C16H20IN3O3. The number of nitrogens with zero attached hydrogens (tertiary/aromatic N) is 1. The summed E-state index contributed by atoms with van der Waals surface area (Å²) < 4.78 is 6.42. The van der Waals surface area contributed by atoms with Gasteiger partial charge in [-0.1, -0.05) is 6.07 Å². The molecule has 0 aromatic heterocycles. The van der Waals surface area contributed by atoms with Gasteiger partial charge in [0.05, 0.1) is 12.5 Å². The van der Waals surface area contributed by atoms with Crippen LogP contribution in [0.1, 0.15) is 36.5 Å². The number of rotatable bonds is 6. The third-order valence-electron chi connectivity index (χ3n) is 3.40. The second-order valence-electron chi connectivity index (χ2n) is 5.41. The van der Waals surface area contributed by atoms with Crippen LogP contribution in [-0.2, 0) is 9.53 Å². The minimum absolute atomic E-state index is 0.120. The van der Waals surface area contributed by atoms with Crippen LogP contribution < -0.4 is 10.7 Å². The molecule has 6 nitrogen and oxygen atoms in total. The van der Waals surface area contributed by atoms with Crippen molar-refractivity contribution in [1.29, 1.82) is 0 Å². The zero-order chi connectivity index (χ0) is 16.7. The molecule has 1 atom stereocenters. The normalized spacial score (nSPS) is 17.8. The van der Waals surface area contributed by atoms with E-state index in [1.165, 1.54) is 0 Å². The summed E-state index contributed by atoms with van der Waals surface area (Å²) in [6, 6.07) is 7.21. The minimum atomic E-state index is -0.289. The molecule has 0 radical (unpaired) electrons. The molecule has 0 bridgehead atoms. The molecule has 1 aromatic carbocycles. The zero-order valence-corrected chi connectivity index (χ0v) is 15.1. The minimum Gasteiger partial charge on any atom is -0.376 e. The van der Waals surface area contributed by atoms with Gasteiger partial charge in [-0.25, -0.2) is 5.43 Å². The van der Waals surface area contributed by atoms with Crippen LogP contribution in [0.25, 0.3) is 0 Å². The summed E-state index contributed by atoms with van der Waals surface area (Å²) in [5.41, 5.74) is 3.56. The van der Waals surface area contributed by atoms with Crippen LogP contribution in [-0.4, -0.2) is 36.8 Å². The number of amides is 2. The van der Waals surface area contributed by atoms with E-state index in [2.05, 4.69) is 38.4 Å². The number of benzene rings is 1. The summed E-state index contributed by atoms with van der Waals surface area (Å²) in [5, 5.41) is 6.80. The molecule has 1 saturated heterocycles. The second kappa shape index (κ2) is 8.97. The molecule has 1 aliphatic rings. The van der Waals surface area contributed by atoms with E-state index in [9.17, 15) is 9.59 Å². The van der Waals surface area contributed by atoms with E-state index in [0.29, 0.717) is 17.8 Å². The van der Waals surface area contributed by atoms with Crippen LogP contribution in [0.3, 0.4) is 0 Å². The van der Waals surface area contributed by atoms with Crippen molar-refractivity contribution in [3.8, 4) is 0 Å². The number of hydrogen-bond acceptors (Lipinski definition) is 4. The van der Waals surface area contributed by atoms with Gasteiger partial charge in [0.2, 0.25) is 5.91 Å². The highest BCUT2D eigenvalue weighted by Crippen LogP contribution is 2.10. The van der Waals surface area contributed by atoms with Crippen molar-refractivity contribution in [2.24, 2.45) is 5.10 Å². The molecule has 2 rings (SSSR count). The largest absolute Gasteiger partial charge is 0.376 e. The first-order valence-electron chi connectivity index (χ1n) is 7.52. The van der Waals surface area contributed by atoms with E-state index in [1.54, 1.807) is 19.1 Å². The summed E-state index contributed by atoms with van der Waals surface area (Å²) in [6.07, 6.45) is 2.31. The predicted molar refractivity (Wildman–Crippen MR) is 96.3 cm³/mol. The molecule has 2 amide bonds. The third-order valence-corrected chi connectivity index (χ3v) is 4.07. The highest BCUT2D eigenvalue weighted by molar-refractivity contribution is 14.1. The number of hydrogen-bond donors (Lipinski definition) is 2. The van der Waals surface area contributed by atoms with Gasteiger partial charge in [-0.3, -0.25) is 9.59 Å². The van der Waals surface area contributed by atoms with Gasteiger partial charge in [0.15, 0.2) is 0 Å². The number of nitrogens with one attached hydrogen (secondary N) is 2. The topological polar surface area (TPSA) is 79.8 Å². The van der Waals surface area contributed by atoms with Crippen molar-refractivity contribution in [3.05, 3.63) is 33.4 Å². The van der Waals surface area contributed by atoms with Gasteiger partial charge in [0.25, 0.3) is 5.91 Å². The number of hydrazone groups is 1. The van der Waals surface area contributed by atoms with Crippen molar-refractivity contribution in [2.75, 3.05) is 13.2 Å². The number of carbonyl (C=O) groups excluding carboxylic acids is 2. The maximum Gasteiger partial charge on any atom is 0.271 e. The summed E-state index contributed by atoms with van der Waals surface area (Å²) in [5.74, 6) is -0.409. The average molecular weight is 429 g/mol. The van der Waals surface area contributed by atoms with Gasteiger partial charge in [-0.05, 0) is 60.6 Å². The molecule has 0 aliphatic carbocycles. The summed E-state index contributed by atoms with van der Waals surface area (Å²) in [6.45, 7) is 3.01. The Bertz CT molecular complexity index is 598. The monoisotopic (exact) mass is 429 g/mol. The lowest BCUT2D eigenvalue weighted by Crippen LogP contribution is -2.33. The van der Waals surface area contributed by atoms with Gasteiger partial charge in [-0.15, -0.1) is 0 Å². The molecule has 1 unspecified atom stereocenters. The van der Waals surface area contributed by atoms with Crippen LogP contribution in [0, 0.1) is 3.57 Å². The fourth-order valence-corrected chi connectivity index (χ4v) is 2.75. The molecular weight excluding hydrogens is 409 g/mol.